The molecule has 9 nitrogen and oxygen atoms in total. The molecule has 2 heterocycles. The summed E-state index contributed by atoms with van der Waals surface area (Å²) in [6.45, 7) is 0. The van der Waals surface area contributed by atoms with E-state index in [-0.39, 0.29) is 28.5 Å². The van der Waals surface area contributed by atoms with E-state index >= 15 is 0 Å². The minimum atomic E-state index is -4.98. The minimum Gasteiger partial charge on any atom is -0.545 e. The van der Waals surface area contributed by atoms with Gasteiger partial charge in [-0.3, -0.25) is 14.9 Å². The average molecular weight is 470 g/mol. The van der Waals surface area contributed by atoms with Crippen LogP contribution in [-0.2, 0) is 4.79 Å². The van der Waals surface area contributed by atoms with Crippen LogP contribution < -0.4 is 10.1 Å². The first kappa shape index (κ1) is 22.5. The van der Waals surface area contributed by atoms with E-state index in [9.17, 15) is 38.0 Å². The lowest BCUT2D eigenvalue weighted by Gasteiger charge is -2.12. The Kier molecular flexibility index (Phi) is 5.49. The van der Waals surface area contributed by atoms with E-state index in [1.807, 2.05) is 0 Å². The lowest BCUT2D eigenvalue weighted by atomic mass is 10.1. The highest BCUT2D eigenvalue weighted by atomic mass is 19.4. The fraction of sp³-hybridized carbons (Fsp3) is 0.0455. The molecule has 0 fully saturated rings. The molecule has 172 valence electrons. The highest BCUT2D eigenvalue weighted by Crippen LogP contribution is 2.34. The number of benzene rings is 2. The molecule has 1 aliphatic heterocycles. The molecular weight excluding hydrogens is 459 g/mol. The molecule has 2 aromatic carbocycles. The number of nitrogens with zero attached hydrogens (tertiary/aromatic N) is 3. The Balaban J connectivity index is 1.69. The molecule has 0 radical (unpaired) electrons. The first-order valence-corrected chi connectivity index (χ1v) is 9.43. The number of anilines is 1. The molecule has 12 heteroatoms. The maximum absolute atomic E-state index is 13.6. The van der Waals surface area contributed by atoms with Gasteiger partial charge in [0.05, 0.1) is 22.2 Å². The van der Waals surface area contributed by atoms with Crippen molar-refractivity contribution < 1.29 is 37.2 Å². The van der Waals surface area contributed by atoms with E-state index in [2.05, 4.69) is 5.10 Å². The molecule has 1 amide bonds. The molecule has 3 aromatic rings. The predicted octanol–water partition coefficient (Wildman–Crippen LogP) is 3.57. The van der Waals surface area contributed by atoms with Crippen molar-refractivity contribution >= 4 is 35.0 Å². The zero-order chi connectivity index (χ0) is 24.6. The Labute approximate surface area is 188 Å². The number of furan rings is 1. The number of aromatic carboxylic acids is 1. The number of rotatable bonds is 5. The second-order valence-corrected chi connectivity index (χ2v) is 6.97. The molecule has 0 aliphatic carbocycles. The molecule has 0 bridgehead atoms. The number of carboxylic acids is 1. The van der Waals surface area contributed by atoms with Crippen molar-refractivity contribution in [2.24, 2.45) is 5.10 Å². The number of hydrazone groups is 1. The molecule has 0 saturated heterocycles. The largest absolute Gasteiger partial charge is 0.545 e. The molecular formula is C22H11F3N3O6-. The number of non-ortho nitro benzene ring substituents is 1. The first-order valence-electron chi connectivity index (χ1n) is 9.43. The van der Waals surface area contributed by atoms with Gasteiger partial charge in [0.2, 0.25) is 0 Å². The standard InChI is InChI=1S/C22H12F3N3O6/c23-22(24,25)19-17(20(29)27(26-19)14-6-4-12(5-7-14)21(30)31)11-16-8-9-18(34-16)13-2-1-3-15(10-13)28(32)33/h1-11H,(H,30,31)/p-1/b17-11-. The normalized spacial score (nSPS) is 15.0. The van der Waals surface area contributed by atoms with E-state index in [1.54, 1.807) is 0 Å². The summed E-state index contributed by atoms with van der Waals surface area (Å²) in [5.74, 6) is -2.57. The number of carbonyl (C=O) groups excluding carboxylic acids is 2. The number of carboxylic acid groups (broad SMARTS) is 1. The van der Waals surface area contributed by atoms with Gasteiger partial charge in [-0.2, -0.15) is 23.3 Å². The van der Waals surface area contributed by atoms with E-state index in [0.29, 0.717) is 10.6 Å². The van der Waals surface area contributed by atoms with Crippen LogP contribution in [0.2, 0.25) is 0 Å². The Morgan fingerprint density at radius 3 is 2.41 bits per heavy atom. The van der Waals surface area contributed by atoms with Crippen LogP contribution in [0.4, 0.5) is 24.5 Å². The van der Waals surface area contributed by atoms with Gasteiger partial charge in [0.15, 0.2) is 5.71 Å². The number of alkyl halides is 3. The van der Waals surface area contributed by atoms with Crippen molar-refractivity contribution in [3.8, 4) is 11.3 Å². The van der Waals surface area contributed by atoms with Crippen molar-refractivity contribution in [1.29, 1.82) is 0 Å². The van der Waals surface area contributed by atoms with Crippen LogP contribution in [0.1, 0.15) is 16.1 Å². The molecule has 0 spiro atoms. The summed E-state index contributed by atoms with van der Waals surface area (Å²) >= 11 is 0. The van der Waals surface area contributed by atoms with Gasteiger partial charge in [0.25, 0.3) is 11.6 Å². The van der Waals surface area contributed by atoms with Crippen molar-refractivity contribution in [1.82, 2.24) is 0 Å². The van der Waals surface area contributed by atoms with Crippen LogP contribution >= 0.6 is 0 Å². The monoisotopic (exact) mass is 470 g/mol. The van der Waals surface area contributed by atoms with Gasteiger partial charge in [-0.25, -0.2) is 0 Å². The van der Waals surface area contributed by atoms with Gasteiger partial charge in [-0.05, 0) is 35.9 Å². The smallest absolute Gasteiger partial charge is 0.435 e. The van der Waals surface area contributed by atoms with Gasteiger partial charge in [-0.15, -0.1) is 0 Å². The van der Waals surface area contributed by atoms with Crippen LogP contribution in [0.3, 0.4) is 0 Å². The Morgan fingerprint density at radius 1 is 1.09 bits per heavy atom. The third kappa shape index (κ3) is 4.28. The molecule has 0 atom stereocenters. The van der Waals surface area contributed by atoms with Gasteiger partial charge in [0.1, 0.15) is 11.5 Å². The van der Waals surface area contributed by atoms with Crippen molar-refractivity contribution in [2.45, 2.75) is 6.18 Å². The topological polar surface area (TPSA) is 129 Å². The number of carbonyl (C=O) groups is 2. The van der Waals surface area contributed by atoms with Crippen molar-refractivity contribution in [2.75, 3.05) is 5.01 Å². The maximum atomic E-state index is 13.6. The van der Waals surface area contributed by atoms with E-state index in [0.717, 1.165) is 30.3 Å². The number of hydrogen-bond acceptors (Lipinski definition) is 7. The zero-order valence-corrected chi connectivity index (χ0v) is 16.8. The van der Waals surface area contributed by atoms with Crippen LogP contribution in [-0.4, -0.2) is 28.7 Å². The van der Waals surface area contributed by atoms with Crippen LogP contribution in [0.15, 0.2) is 75.8 Å². The first-order chi connectivity index (χ1) is 16.0. The zero-order valence-electron chi connectivity index (χ0n) is 16.8. The summed E-state index contributed by atoms with van der Waals surface area (Å²) in [5, 5.41) is 25.7. The highest BCUT2D eigenvalue weighted by molar-refractivity contribution is 6.34. The molecule has 4 rings (SSSR count). The number of nitro benzene ring substituents is 1. The third-order valence-electron chi connectivity index (χ3n) is 4.75. The predicted molar refractivity (Wildman–Crippen MR) is 111 cm³/mol. The fourth-order valence-electron chi connectivity index (χ4n) is 3.17. The molecule has 1 aromatic heterocycles. The summed E-state index contributed by atoms with van der Waals surface area (Å²) in [4.78, 5) is 34.0. The SMILES string of the molecule is O=C([O-])c1ccc(N2N=C(C(F)(F)F)/C(=C/c3ccc(-c4cccc([N+](=O)[O-])c4)o3)C2=O)cc1. The summed E-state index contributed by atoms with van der Waals surface area (Å²) < 4.78 is 46.3. The number of nitro groups is 1. The lowest BCUT2D eigenvalue weighted by molar-refractivity contribution is -0.384. The van der Waals surface area contributed by atoms with Gasteiger partial charge in [0, 0.05) is 17.7 Å². The fourth-order valence-corrected chi connectivity index (χ4v) is 3.17. The minimum absolute atomic E-state index is 0.0862. The second-order valence-electron chi connectivity index (χ2n) is 6.97. The molecule has 0 unspecified atom stereocenters. The van der Waals surface area contributed by atoms with Gasteiger partial charge in [-0.1, -0.05) is 24.3 Å². The number of amides is 1. The summed E-state index contributed by atoms with van der Waals surface area (Å²) in [5.41, 5.74) is -2.46. The highest BCUT2D eigenvalue weighted by Gasteiger charge is 2.47. The summed E-state index contributed by atoms with van der Waals surface area (Å²) in [7, 11) is 0. The Hall–Kier alpha value is -4.74. The molecule has 34 heavy (non-hydrogen) atoms. The van der Waals surface area contributed by atoms with E-state index in [1.165, 1.54) is 36.4 Å². The van der Waals surface area contributed by atoms with Crippen LogP contribution in [0.5, 0.6) is 0 Å². The number of halogens is 3. The number of hydrogen-bond donors (Lipinski definition) is 0. The second kappa shape index (κ2) is 8.31. The van der Waals surface area contributed by atoms with Crippen LogP contribution in [0, 0.1) is 10.1 Å². The van der Waals surface area contributed by atoms with Crippen LogP contribution in [0.25, 0.3) is 17.4 Å². The van der Waals surface area contributed by atoms with E-state index < -0.39 is 34.3 Å². The third-order valence-corrected chi connectivity index (χ3v) is 4.75. The molecule has 0 saturated carbocycles. The Morgan fingerprint density at radius 2 is 1.79 bits per heavy atom. The molecule has 0 N–H and O–H groups in total. The lowest BCUT2D eigenvalue weighted by Crippen LogP contribution is -2.25. The van der Waals surface area contributed by atoms with Crippen molar-refractivity contribution in [3.05, 3.63) is 87.7 Å². The summed E-state index contributed by atoms with van der Waals surface area (Å²) in [6, 6.07) is 12.5. The summed E-state index contributed by atoms with van der Waals surface area (Å²) in [6.07, 6.45) is -4.11. The van der Waals surface area contributed by atoms with Gasteiger partial charge < -0.3 is 14.3 Å². The Bertz CT molecular complexity index is 1370. The van der Waals surface area contributed by atoms with Gasteiger partial charge >= 0.3 is 6.18 Å². The van der Waals surface area contributed by atoms with Crippen molar-refractivity contribution in [3.63, 3.8) is 0 Å². The quantitative estimate of drug-likeness (QED) is 0.319. The average Bonchev–Trinajstić information content (AvgIpc) is 3.39. The van der Waals surface area contributed by atoms with E-state index in [4.69, 9.17) is 4.42 Å². The maximum Gasteiger partial charge on any atom is 0.435 e. The molecule has 1 aliphatic rings.